The van der Waals surface area contributed by atoms with Gasteiger partial charge in [0.05, 0.1) is 23.5 Å². The van der Waals surface area contributed by atoms with Crippen LogP contribution in [-0.2, 0) is 11.8 Å². The molecule has 9 heteroatoms. The van der Waals surface area contributed by atoms with Crippen LogP contribution in [0.3, 0.4) is 0 Å². The molecule has 0 bridgehead atoms. The van der Waals surface area contributed by atoms with Gasteiger partial charge in [0.15, 0.2) is 5.69 Å². The van der Waals surface area contributed by atoms with E-state index in [-0.39, 0.29) is 23.9 Å². The van der Waals surface area contributed by atoms with Gasteiger partial charge >= 0.3 is 5.97 Å². The summed E-state index contributed by atoms with van der Waals surface area (Å²) in [5.41, 5.74) is 1.73. The number of hydrogen-bond donors (Lipinski definition) is 1. The first-order valence-electron chi connectivity index (χ1n) is 7.81. The van der Waals surface area contributed by atoms with Crippen molar-refractivity contribution < 1.29 is 14.3 Å². The minimum absolute atomic E-state index is 0.0883. The number of amides is 1. The summed E-state index contributed by atoms with van der Waals surface area (Å²) in [6.45, 7) is 1.94. The molecule has 0 saturated heterocycles. The standard InChI is InChI=1S/C17H16ClN5O3/c1-3-26-17(25)14-8-15(22(2)21-14)16(24)20-12-4-6-13(7-5-12)23-10-11(18)9-19-23/h4-10H,3H2,1-2H3,(H,20,24). The normalized spacial score (nSPS) is 10.6. The van der Waals surface area contributed by atoms with Crippen molar-refractivity contribution in [2.45, 2.75) is 6.92 Å². The van der Waals surface area contributed by atoms with Gasteiger partial charge in [-0.25, -0.2) is 9.48 Å². The average molecular weight is 374 g/mol. The molecular formula is C17H16ClN5O3. The third-order valence-corrected chi connectivity index (χ3v) is 3.73. The molecule has 2 heterocycles. The maximum Gasteiger partial charge on any atom is 0.358 e. The molecule has 3 aromatic rings. The molecule has 3 rings (SSSR count). The van der Waals surface area contributed by atoms with Gasteiger partial charge in [0.2, 0.25) is 0 Å². The summed E-state index contributed by atoms with van der Waals surface area (Å²) in [6.07, 6.45) is 3.22. The Morgan fingerprint density at radius 3 is 2.62 bits per heavy atom. The Hall–Kier alpha value is -3.13. The lowest BCUT2D eigenvalue weighted by Crippen LogP contribution is -2.16. The van der Waals surface area contributed by atoms with Crippen molar-refractivity contribution in [1.29, 1.82) is 0 Å². The summed E-state index contributed by atoms with van der Waals surface area (Å²) < 4.78 is 7.85. The van der Waals surface area contributed by atoms with Crippen LogP contribution in [0.1, 0.15) is 27.9 Å². The first-order chi connectivity index (χ1) is 12.5. The summed E-state index contributed by atoms with van der Waals surface area (Å²) >= 11 is 5.86. The van der Waals surface area contributed by atoms with Gasteiger partial charge in [-0.3, -0.25) is 9.48 Å². The number of aryl methyl sites for hydroxylation is 1. The number of rotatable bonds is 5. The van der Waals surface area contributed by atoms with Crippen LogP contribution < -0.4 is 5.32 Å². The second-order valence-corrected chi connectivity index (χ2v) is 5.80. The lowest BCUT2D eigenvalue weighted by Gasteiger charge is -2.06. The Kier molecular flexibility index (Phi) is 5.04. The van der Waals surface area contributed by atoms with Crippen LogP contribution >= 0.6 is 11.6 Å². The largest absolute Gasteiger partial charge is 0.461 e. The van der Waals surface area contributed by atoms with Crippen LogP contribution in [0.25, 0.3) is 5.69 Å². The van der Waals surface area contributed by atoms with Crippen molar-refractivity contribution >= 4 is 29.2 Å². The van der Waals surface area contributed by atoms with Gasteiger partial charge < -0.3 is 10.1 Å². The summed E-state index contributed by atoms with van der Waals surface area (Å²) in [4.78, 5) is 24.1. The topological polar surface area (TPSA) is 91.0 Å². The highest BCUT2D eigenvalue weighted by Crippen LogP contribution is 2.16. The van der Waals surface area contributed by atoms with E-state index in [2.05, 4.69) is 15.5 Å². The van der Waals surface area contributed by atoms with Crippen LogP contribution in [0.15, 0.2) is 42.7 Å². The summed E-state index contributed by atoms with van der Waals surface area (Å²) in [5, 5.41) is 11.4. The molecule has 8 nitrogen and oxygen atoms in total. The van der Waals surface area contributed by atoms with Crippen LogP contribution in [0.4, 0.5) is 5.69 Å². The molecule has 0 spiro atoms. The quantitative estimate of drug-likeness (QED) is 0.694. The van der Waals surface area contributed by atoms with E-state index >= 15 is 0 Å². The fraction of sp³-hybridized carbons (Fsp3) is 0.176. The number of benzene rings is 1. The predicted octanol–water partition coefficient (Wildman–Crippen LogP) is 2.69. The SMILES string of the molecule is CCOC(=O)c1cc(C(=O)Nc2ccc(-n3cc(Cl)cn3)cc2)n(C)n1. The third-order valence-electron chi connectivity index (χ3n) is 3.54. The molecule has 134 valence electrons. The minimum atomic E-state index is -0.565. The highest BCUT2D eigenvalue weighted by atomic mass is 35.5. The molecule has 0 aliphatic rings. The van der Waals surface area contributed by atoms with Crippen LogP contribution in [0.5, 0.6) is 0 Å². The van der Waals surface area contributed by atoms with Crippen molar-refractivity contribution in [3.05, 3.63) is 59.1 Å². The summed E-state index contributed by atoms with van der Waals surface area (Å²) in [5.74, 6) is -0.949. The van der Waals surface area contributed by atoms with Crippen LogP contribution in [-0.4, -0.2) is 38.0 Å². The van der Waals surface area contributed by atoms with Gasteiger partial charge in [0.1, 0.15) is 5.69 Å². The zero-order valence-electron chi connectivity index (χ0n) is 14.1. The zero-order valence-corrected chi connectivity index (χ0v) is 14.9. The average Bonchev–Trinajstić information content (AvgIpc) is 3.22. The molecule has 0 saturated carbocycles. The Labute approximate surface area is 154 Å². The predicted molar refractivity (Wildman–Crippen MR) is 95.7 cm³/mol. The number of nitrogens with one attached hydrogen (secondary N) is 1. The molecule has 0 unspecified atom stereocenters. The highest BCUT2D eigenvalue weighted by molar-refractivity contribution is 6.30. The maximum absolute atomic E-state index is 12.4. The molecule has 1 N–H and O–H groups in total. The fourth-order valence-corrected chi connectivity index (χ4v) is 2.46. The molecule has 1 amide bonds. The Balaban J connectivity index is 1.73. The zero-order chi connectivity index (χ0) is 18.7. The molecule has 0 aliphatic carbocycles. The lowest BCUT2D eigenvalue weighted by molar-refractivity contribution is 0.0518. The van der Waals surface area contributed by atoms with Gasteiger partial charge in [-0.15, -0.1) is 0 Å². The second-order valence-electron chi connectivity index (χ2n) is 5.36. The molecule has 0 aliphatic heterocycles. The third kappa shape index (κ3) is 3.75. The Bertz CT molecular complexity index is 946. The number of hydrogen-bond acceptors (Lipinski definition) is 5. The number of ether oxygens (including phenoxy) is 1. The smallest absolute Gasteiger partial charge is 0.358 e. The molecule has 0 fully saturated rings. The first kappa shape index (κ1) is 17.7. The highest BCUT2D eigenvalue weighted by Gasteiger charge is 2.18. The van der Waals surface area contributed by atoms with Gasteiger partial charge in [0, 0.05) is 25.0 Å². The Morgan fingerprint density at radius 2 is 2.00 bits per heavy atom. The van der Waals surface area contributed by atoms with Gasteiger partial charge in [-0.05, 0) is 31.2 Å². The number of anilines is 1. The van der Waals surface area contributed by atoms with E-state index in [4.69, 9.17) is 16.3 Å². The second kappa shape index (κ2) is 7.40. The van der Waals surface area contributed by atoms with E-state index in [0.29, 0.717) is 10.7 Å². The van der Waals surface area contributed by atoms with Crippen molar-refractivity contribution in [3.63, 3.8) is 0 Å². The number of carbonyl (C=O) groups is 2. The number of esters is 1. The first-order valence-corrected chi connectivity index (χ1v) is 8.19. The van der Waals surface area contributed by atoms with E-state index in [1.807, 2.05) is 0 Å². The van der Waals surface area contributed by atoms with Gasteiger partial charge in [0.25, 0.3) is 5.91 Å². The molecular weight excluding hydrogens is 358 g/mol. The molecule has 26 heavy (non-hydrogen) atoms. The van der Waals surface area contributed by atoms with Crippen molar-refractivity contribution in [1.82, 2.24) is 19.6 Å². The molecule has 0 radical (unpaired) electrons. The van der Waals surface area contributed by atoms with Crippen molar-refractivity contribution in [2.75, 3.05) is 11.9 Å². The van der Waals surface area contributed by atoms with E-state index in [1.54, 1.807) is 55.3 Å². The number of halogens is 1. The summed E-state index contributed by atoms with van der Waals surface area (Å²) in [7, 11) is 1.59. The van der Waals surface area contributed by atoms with Crippen LogP contribution in [0, 0.1) is 0 Å². The number of carbonyl (C=O) groups excluding carboxylic acids is 2. The monoisotopic (exact) mass is 373 g/mol. The Morgan fingerprint density at radius 1 is 1.27 bits per heavy atom. The number of aromatic nitrogens is 4. The molecule has 2 aromatic heterocycles. The molecule has 1 aromatic carbocycles. The fourth-order valence-electron chi connectivity index (χ4n) is 2.32. The summed E-state index contributed by atoms with van der Waals surface area (Å²) in [6, 6.07) is 8.47. The lowest BCUT2D eigenvalue weighted by atomic mass is 10.2. The molecule has 0 atom stereocenters. The van der Waals surface area contributed by atoms with Crippen molar-refractivity contribution in [3.8, 4) is 5.69 Å². The van der Waals surface area contributed by atoms with Gasteiger partial charge in [-0.2, -0.15) is 10.2 Å². The van der Waals surface area contributed by atoms with Crippen molar-refractivity contribution in [2.24, 2.45) is 7.05 Å². The maximum atomic E-state index is 12.4. The minimum Gasteiger partial charge on any atom is -0.461 e. The number of nitrogens with zero attached hydrogens (tertiary/aromatic N) is 4. The van der Waals surface area contributed by atoms with Crippen LogP contribution in [0.2, 0.25) is 5.02 Å². The van der Waals surface area contributed by atoms with E-state index in [9.17, 15) is 9.59 Å². The van der Waals surface area contributed by atoms with E-state index in [1.165, 1.54) is 10.7 Å². The van der Waals surface area contributed by atoms with E-state index < -0.39 is 5.97 Å². The van der Waals surface area contributed by atoms with Gasteiger partial charge in [-0.1, -0.05) is 11.6 Å². The van der Waals surface area contributed by atoms with E-state index in [0.717, 1.165) is 5.69 Å².